The smallest absolute Gasteiger partial charge is 0.416 e. The fraction of sp³-hybridized carbons (Fsp3) is 0.394. The van der Waals surface area contributed by atoms with Gasteiger partial charge in [-0.15, -0.1) is 0 Å². The Hall–Kier alpha value is -4.26. The molecule has 0 bridgehead atoms. The Bertz CT molecular complexity index is 1620. The Morgan fingerprint density at radius 2 is 1.52 bits per heavy atom. The first kappa shape index (κ1) is 40.2. The van der Waals surface area contributed by atoms with Gasteiger partial charge in [-0.1, -0.05) is 56.2 Å². The number of hydrogen-bond acceptors (Lipinski definition) is 9. The lowest BCUT2D eigenvalue weighted by Crippen LogP contribution is -2.52. The van der Waals surface area contributed by atoms with E-state index in [9.17, 15) is 31.2 Å². The van der Waals surface area contributed by atoms with Gasteiger partial charge in [-0.05, 0) is 59.5 Å². The van der Waals surface area contributed by atoms with E-state index in [1.54, 1.807) is 24.3 Å². The maximum atomic E-state index is 13.9. The molecule has 50 heavy (non-hydrogen) atoms. The molecule has 0 aromatic heterocycles. The van der Waals surface area contributed by atoms with Gasteiger partial charge in [0.15, 0.2) is 6.10 Å². The molecule has 0 heterocycles. The highest BCUT2D eigenvalue weighted by Crippen LogP contribution is 2.30. The van der Waals surface area contributed by atoms with Gasteiger partial charge in [0, 0.05) is 26.1 Å². The van der Waals surface area contributed by atoms with E-state index in [0.29, 0.717) is 29.8 Å². The van der Waals surface area contributed by atoms with Crippen LogP contribution < -0.4 is 20.5 Å². The van der Waals surface area contributed by atoms with Crippen molar-refractivity contribution in [2.75, 3.05) is 19.8 Å². The number of alkyl halides is 3. The van der Waals surface area contributed by atoms with Crippen molar-refractivity contribution in [2.45, 2.75) is 68.9 Å². The third-order valence-electron chi connectivity index (χ3n) is 7.42. The number of nitrogens with zero attached hydrogens (tertiary/aromatic N) is 1. The number of carbonyl (C=O) groups excluding carboxylic acids is 2. The zero-order chi connectivity index (χ0) is 36.7. The topological polar surface area (TPSA) is 190 Å². The van der Waals surface area contributed by atoms with E-state index in [1.807, 2.05) is 6.92 Å². The van der Waals surface area contributed by atoms with E-state index in [0.717, 1.165) is 25.0 Å². The largest absolute Gasteiger partial charge is 0.485 e. The van der Waals surface area contributed by atoms with Crippen molar-refractivity contribution in [1.29, 1.82) is 0 Å². The number of primary sulfonamides is 1. The van der Waals surface area contributed by atoms with Crippen LogP contribution in [0.5, 0.6) is 5.75 Å². The van der Waals surface area contributed by atoms with Crippen LogP contribution >= 0.6 is 0 Å². The van der Waals surface area contributed by atoms with Gasteiger partial charge in [0.25, 0.3) is 0 Å². The predicted molar refractivity (Wildman–Crippen MR) is 175 cm³/mol. The molecule has 3 aromatic rings. The number of sulfonamides is 1. The highest BCUT2D eigenvalue weighted by molar-refractivity contribution is 7.89. The van der Waals surface area contributed by atoms with Gasteiger partial charge >= 0.3 is 12.2 Å². The second kappa shape index (κ2) is 19.2. The Kier molecular flexibility index (Phi) is 15.4. The molecule has 0 aliphatic carbocycles. The fourth-order valence-corrected chi connectivity index (χ4v) is 5.36. The van der Waals surface area contributed by atoms with Crippen LogP contribution in [-0.4, -0.2) is 67.7 Å². The molecule has 6 N–H and O–H groups in total. The second-order valence-electron chi connectivity index (χ2n) is 11.4. The molecular weight excluding hydrogens is 685 g/mol. The van der Waals surface area contributed by atoms with Crippen LogP contribution in [-0.2, 0) is 50.3 Å². The maximum Gasteiger partial charge on any atom is 0.416 e. The van der Waals surface area contributed by atoms with Crippen molar-refractivity contribution in [3.8, 4) is 5.75 Å². The summed E-state index contributed by atoms with van der Waals surface area (Å²) in [7, 11) is -4.00. The third-order valence-corrected chi connectivity index (χ3v) is 8.35. The molecule has 1 atom stereocenters. The molecule has 0 saturated heterocycles. The normalized spacial score (nSPS) is 12.4. The molecule has 0 aliphatic heterocycles. The van der Waals surface area contributed by atoms with Crippen LogP contribution in [0.25, 0.3) is 0 Å². The summed E-state index contributed by atoms with van der Waals surface area (Å²) in [5, 5.41) is 28.2. The van der Waals surface area contributed by atoms with E-state index >= 15 is 0 Å². The van der Waals surface area contributed by atoms with Crippen LogP contribution in [0.15, 0.2) is 77.7 Å². The fourth-order valence-electron chi connectivity index (χ4n) is 4.84. The number of nitrogens with one attached hydrogen (secondary N) is 2. The van der Waals surface area contributed by atoms with Crippen LogP contribution in [0.2, 0.25) is 0 Å². The van der Waals surface area contributed by atoms with Crippen molar-refractivity contribution >= 4 is 22.0 Å². The van der Waals surface area contributed by atoms with E-state index in [4.69, 9.17) is 20.4 Å². The molecule has 0 fully saturated rings. The minimum Gasteiger partial charge on any atom is -0.485 e. The molecule has 3 rings (SSSR count). The van der Waals surface area contributed by atoms with Gasteiger partial charge in [0.05, 0.1) is 10.5 Å². The van der Waals surface area contributed by atoms with Gasteiger partial charge in [0.1, 0.15) is 25.0 Å². The van der Waals surface area contributed by atoms with Crippen molar-refractivity contribution in [1.82, 2.24) is 15.5 Å². The number of carbonyl (C=O) groups is 2. The Morgan fingerprint density at radius 1 is 0.900 bits per heavy atom. The van der Waals surface area contributed by atoms with E-state index in [1.165, 1.54) is 41.3 Å². The van der Waals surface area contributed by atoms with E-state index in [2.05, 4.69) is 20.4 Å². The molecule has 17 heteroatoms. The minimum absolute atomic E-state index is 0.0228. The number of nitrogens with two attached hydrogens (primary N) is 1. The number of rotatable bonds is 19. The van der Waals surface area contributed by atoms with Crippen molar-refractivity contribution < 1.29 is 56.2 Å². The minimum atomic E-state index is -4.62. The summed E-state index contributed by atoms with van der Waals surface area (Å²) >= 11 is 0. The second-order valence-corrected chi connectivity index (χ2v) is 13.0. The highest BCUT2D eigenvalue weighted by atomic mass is 32.2. The standard InChI is InChI=1S/C33H41F3N4O9S/c1-2-3-4-16-38-31(41)30(18-23-8-12-27(13-9-23)49-28(21-47-43)22-48-44)39-32(42)40(19-24-10-14-29(15-11-24)50(37,45)46)20-25-6-5-7-26(17-25)33(34,35)36/h5-15,17,28,30,43-44H,2-4,16,18-22H2,1H3,(H,38,41)(H,39,42)(H2,37,45,46). The predicted octanol–water partition coefficient (Wildman–Crippen LogP) is 4.71. The van der Waals surface area contributed by atoms with Crippen LogP contribution in [0.1, 0.15) is 48.4 Å². The highest BCUT2D eigenvalue weighted by Gasteiger charge is 2.31. The molecule has 274 valence electrons. The summed E-state index contributed by atoms with van der Waals surface area (Å²) in [5.74, 6) is -0.148. The van der Waals surface area contributed by atoms with Crippen molar-refractivity contribution in [3.05, 3.63) is 95.1 Å². The Labute approximate surface area is 288 Å². The van der Waals surface area contributed by atoms with Gasteiger partial charge in [-0.2, -0.15) is 13.2 Å². The van der Waals surface area contributed by atoms with Gasteiger partial charge in [0.2, 0.25) is 15.9 Å². The molecule has 0 spiro atoms. The lowest BCUT2D eigenvalue weighted by atomic mass is 10.0. The number of urea groups is 1. The summed E-state index contributed by atoms with van der Waals surface area (Å²) < 4.78 is 69.5. The molecule has 1 unspecified atom stereocenters. The van der Waals surface area contributed by atoms with Crippen molar-refractivity contribution in [2.24, 2.45) is 5.14 Å². The first-order valence-corrected chi connectivity index (χ1v) is 17.2. The number of halogens is 3. The molecule has 0 radical (unpaired) electrons. The van der Waals surface area contributed by atoms with Gasteiger partial charge in [-0.3, -0.25) is 15.3 Å². The summed E-state index contributed by atoms with van der Waals surface area (Å²) in [5.41, 5.74) is 0.336. The van der Waals surface area contributed by atoms with Gasteiger partial charge in [-0.25, -0.2) is 28.1 Å². The molecule has 3 amide bonds. The van der Waals surface area contributed by atoms with Gasteiger partial charge < -0.3 is 20.3 Å². The number of unbranched alkanes of at least 4 members (excludes halogenated alkanes) is 2. The zero-order valence-electron chi connectivity index (χ0n) is 27.3. The molecule has 3 aromatic carbocycles. The summed E-state index contributed by atoms with van der Waals surface area (Å²) in [6, 6.07) is 14.4. The lowest BCUT2D eigenvalue weighted by Gasteiger charge is -2.27. The SMILES string of the molecule is CCCCCNC(=O)C(Cc1ccc(OC(COO)COO)cc1)NC(=O)N(Cc1ccc(S(N)(=O)=O)cc1)Cc1cccc(C(F)(F)F)c1. The average Bonchev–Trinajstić information content (AvgIpc) is 3.06. The number of benzene rings is 3. The monoisotopic (exact) mass is 726 g/mol. The summed E-state index contributed by atoms with van der Waals surface area (Å²) in [6.45, 7) is 1.36. The molecule has 0 aliphatic rings. The van der Waals surface area contributed by atoms with E-state index < -0.39 is 45.8 Å². The van der Waals surface area contributed by atoms with E-state index in [-0.39, 0.29) is 43.2 Å². The first-order chi connectivity index (χ1) is 23.7. The maximum absolute atomic E-state index is 13.9. The number of amides is 3. The molecule has 13 nitrogen and oxygen atoms in total. The van der Waals surface area contributed by atoms with Crippen LogP contribution in [0.4, 0.5) is 18.0 Å². The third kappa shape index (κ3) is 13.2. The van der Waals surface area contributed by atoms with Crippen molar-refractivity contribution in [3.63, 3.8) is 0 Å². The Balaban J connectivity index is 1.88. The lowest BCUT2D eigenvalue weighted by molar-refractivity contribution is -0.286. The summed E-state index contributed by atoms with van der Waals surface area (Å²) in [4.78, 5) is 36.4. The zero-order valence-corrected chi connectivity index (χ0v) is 28.1. The van der Waals surface area contributed by atoms with Crippen LogP contribution in [0.3, 0.4) is 0 Å². The van der Waals surface area contributed by atoms with Crippen LogP contribution in [0, 0.1) is 0 Å². The average molecular weight is 727 g/mol. The number of ether oxygens (including phenoxy) is 1. The first-order valence-electron chi connectivity index (χ1n) is 15.6. The molecular formula is C33H41F3N4O9S. The Morgan fingerprint density at radius 3 is 2.10 bits per heavy atom. The number of hydrogen-bond donors (Lipinski definition) is 5. The quantitative estimate of drug-likeness (QED) is 0.0662. The summed E-state index contributed by atoms with van der Waals surface area (Å²) in [6.07, 6.45) is -2.93. The molecule has 0 saturated carbocycles.